The first kappa shape index (κ1) is 14.2. The number of carbonyl (C=O) groups excluding carboxylic acids is 1. The largest absolute Gasteiger partial charge is 0.433 e. The monoisotopic (exact) mass is 393 g/mol. The number of nitro groups is 1. The van der Waals surface area contributed by atoms with E-state index in [0.29, 0.717) is 6.42 Å². The molecule has 0 spiro atoms. The van der Waals surface area contributed by atoms with E-state index in [1.54, 1.807) is 6.92 Å². The molecule has 1 atom stereocenters. The molecule has 1 N–H and O–H groups in total. The number of carbonyl (C=O) groups is 1. The number of rotatable bonds is 4. The molecule has 19 heavy (non-hydrogen) atoms. The van der Waals surface area contributed by atoms with Gasteiger partial charge in [-0.3, -0.25) is 14.9 Å². The highest BCUT2D eigenvalue weighted by atomic mass is 79.9. The molecule has 1 heterocycles. The molecule has 1 fully saturated rings. The van der Waals surface area contributed by atoms with Gasteiger partial charge in [0.25, 0.3) is 0 Å². The Morgan fingerprint density at radius 1 is 1.63 bits per heavy atom. The smallest absolute Gasteiger partial charge is 0.400 e. The van der Waals surface area contributed by atoms with E-state index in [-0.39, 0.29) is 17.6 Å². The van der Waals surface area contributed by atoms with Crippen molar-refractivity contribution < 1.29 is 14.1 Å². The molecule has 102 valence electrons. The first-order valence-corrected chi connectivity index (χ1v) is 6.80. The van der Waals surface area contributed by atoms with Gasteiger partial charge in [-0.15, -0.1) is 0 Å². The van der Waals surface area contributed by atoms with Gasteiger partial charge < -0.3 is 4.42 Å². The number of hydrogen-bond donors (Lipinski definition) is 1. The van der Waals surface area contributed by atoms with Crippen LogP contribution < -0.4 is 5.43 Å². The van der Waals surface area contributed by atoms with Crippen LogP contribution >= 0.6 is 31.9 Å². The van der Waals surface area contributed by atoms with Crippen molar-refractivity contribution in [2.45, 2.75) is 16.6 Å². The molecule has 7 nitrogen and oxygen atoms in total. The van der Waals surface area contributed by atoms with Gasteiger partial charge in [-0.2, -0.15) is 5.10 Å². The third-order valence-corrected chi connectivity index (χ3v) is 5.22. The molecule has 0 bridgehead atoms. The molecule has 1 aliphatic rings. The number of furan rings is 1. The molecule has 0 saturated heterocycles. The van der Waals surface area contributed by atoms with Crippen LogP contribution in [0, 0.1) is 15.5 Å². The molecular weight excluding hydrogens is 386 g/mol. The van der Waals surface area contributed by atoms with Crippen LogP contribution in [0.2, 0.25) is 0 Å². The Labute approximate surface area is 124 Å². The van der Waals surface area contributed by atoms with E-state index in [1.807, 2.05) is 0 Å². The fourth-order valence-corrected chi connectivity index (χ4v) is 2.92. The van der Waals surface area contributed by atoms with Crippen LogP contribution in [0.4, 0.5) is 5.88 Å². The molecule has 1 amide bonds. The van der Waals surface area contributed by atoms with Crippen molar-refractivity contribution in [2.24, 2.45) is 10.5 Å². The number of hydrogen-bond acceptors (Lipinski definition) is 5. The van der Waals surface area contributed by atoms with Gasteiger partial charge >= 0.3 is 5.88 Å². The van der Waals surface area contributed by atoms with Gasteiger partial charge in [-0.05, 0) is 19.4 Å². The predicted molar refractivity (Wildman–Crippen MR) is 74.4 cm³/mol. The molecule has 9 heteroatoms. The van der Waals surface area contributed by atoms with Crippen molar-refractivity contribution in [3.05, 3.63) is 28.0 Å². The summed E-state index contributed by atoms with van der Waals surface area (Å²) >= 11 is 6.75. The quantitative estimate of drug-likeness (QED) is 0.367. The lowest BCUT2D eigenvalue weighted by atomic mass is 10.1. The molecule has 1 aromatic heterocycles. The Balaban J connectivity index is 1.93. The third-order valence-electron chi connectivity index (χ3n) is 2.91. The van der Waals surface area contributed by atoms with Crippen LogP contribution in [0.3, 0.4) is 0 Å². The van der Waals surface area contributed by atoms with Crippen molar-refractivity contribution in [1.29, 1.82) is 0 Å². The summed E-state index contributed by atoms with van der Waals surface area (Å²) in [6, 6.07) is 2.61. The second-order valence-electron chi connectivity index (χ2n) is 4.35. The second kappa shape index (κ2) is 4.71. The predicted octanol–water partition coefficient (Wildman–Crippen LogP) is 2.53. The van der Waals surface area contributed by atoms with Gasteiger partial charge in [-0.25, -0.2) is 5.43 Å². The van der Waals surface area contributed by atoms with Crippen molar-refractivity contribution >= 4 is 49.9 Å². The number of nitrogens with one attached hydrogen (secondary N) is 1. The summed E-state index contributed by atoms with van der Waals surface area (Å²) < 4.78 is 4.46. The minimum Gasteiger partial charge on any atom is -0.400 e. The average molecular weight is 395 g/mol. The van der Waals surface area contributed by atoms with E-state index < -0.39 is 13.6 Å². The van der Waals surface area contributed by atoms with Gasteiger partial charge in [0.2, 0.25) is 5.91 Å². The lowest BCUT2D eigenvalue weighted by Crippen LogP contribution is -2.29. The van der Waals surface area contributed by atoms with Gasteiger partial charge in [0.05, 0.1) is 20.9 Å². The number of hydrazone groups is 1. The Hall–Kier alpha value is -1.22. The van der Waals surface area contributed by atoms with Gasteiger partial charge in [-0.1, -0.05) is 31.9 Å². The van der Waals surface area contributed by atoms with E-state index in [9.17, 15) is 14.9 Å². The number of nitrogens with zero attached hydrogens (tertiary/aromatic N) is 2. The summed E-state index contributed by atoms with van der Waals surface area (Å²) in [5.41, 5.74) is 1.80. The van der Waals surface area contributed by atoms with Crippen molar-refractivity contribution in [1.82, 2.24) is 5.43 Å². The SMILES string of the molecule is C[C@]1(C(=O)NN=Cc2ccc([N+](=O)[O-])o2)CC1(Br)Br. The highest BCUT2D eigenvalue weighted by Gasteiger charge is 2.66. The van der Waals surface area contributed by atoms with Crippen LogP contribution in [-0.2, 0) is 4.79 Å². The molecular formula is C10H9Br2N3O4. The Bertz CT molecular complexity index is 569. The summed E-state index contributed by atoms with van der Waals surface area (Å²) in [5.74, 6) is -0.433. The molecule has 0 radical (unpaired) electrons. The number of amides is 1. The lowest BCUT2D eigenvalue weighted by Gasteiger charge is -2.09. The summed E-state index contributed by atoms with van der Waals surface area (Å²) in [6.45, 7) is 1.79. The summed E-state index contributed by atoms with van der Waals surface area (Å²) in [4.78, 5) is 21.6. The summed E-state index contributed by atoms with van der Waals surface area (Å²) in [6.07, 6.45) is 1.86. The van der Waals surface area contributed by atoms with Crippen molar-refractivity contribution in [3.8, 4) is 0 Å². The molecule has 2 rings (SSSR count). The van der Waals surface area contributed by atoms with E-state index >= 15 is 0 Å². The Morgan fingerprint density at radius 3 is 2.74 bits per heavy atom. The third kappa shape index (κ3) is 2.71. The molecule has 0 unspecified atom stereocenters. The first-order valence-electron chi connectivity index (χ1n) is 5.22. The number of alkyl halides is 2. The topological polar surface area (TPSA) is 97.7 Å². The fraction of sp³-hybridized carbons (Fsp3) is 0.400. The lowest BCUT2D eigenvalue weighted by molar-refractivity contribution is -0.402. The molecule has 1 aromatic rings. The standard InChI is InChI=1S/C10H9Br2N3O4/c1-9(5-10(9,11)12)8(16)14-13-4-6-2-3-7(19-6)15(17)18/h2-4H,5H2,1H3,(H,14,16)/t9-/m1/s1. The minimum atomic E-state index is -0.648. The zero-order valence-electron chi connectivity index (χ0n) is 9.72. The van der Waals surface area contributed by atoms with Crippen LogP contribution in [0.1, 0.15) is 19.1 Å². The van der Waals surface area contributed by atoms with Crippen molar-refractivity contribution in [3.63, 3.8) is 0 Å². The van der Waals surface area contributed by atoms with Crippen LogP contribution in [0.25, 0.3) is 0 Å². The first-order chi connectivity index (χ1) is 8.76. The maximum Gasteiger partial charge on any atom is 0.433 e. The number of halogens is 2. The molecule has 1 saturated carbocycles. The molecule has 1 aliphatic carbocycles. The van der Waals surface area contributed by atoms with E-state index in [4.69, 9.17) is 4.42 Å². The van der Waals surface area contributed by atoms with Gasteiger partial charge in [0, 0.05) is 0 Å². The minimum absolute atomic E-state index is 0.192. The van der Waals surface area contributed by atoms with E-state index in [1.165, 1.54) is 18.3 Å². The van der Waals surface area contributed by atoms with Gasteiger partial charge in [0.1, 0.15) is 4.92 Å². The maximum absolute atomic E-state index is 11.8. The molecule has 0 aliphatic heterocycles. The fourth-order valence-electron chi connectivity index (χ4n) is 1.43. The van der Waals surface area contributed by atoms with Crippen molar-refractivity contribution in [2.75, 3.05) is 0 Å². The zero-order valence-corrected chi connectivity index (χ0v) is 12.9. The van der Waals surface area contributed by atoms with Gasteiger partial charge in [0.15, 0.2) is 5.76 Å². The molecule has 0 aromatic carbocycles. The Morgan fingerprint density at radius 2 is 2.26 bits per heavy atom. The Kier molecular flexibility index (Phi) is 3.52. The van der Waals surface area contributed by atoms with E-state index in [0.717, 1.165) is 0 Å². The van der Waals surface area contributed by atoms with E-state index in [2.05, 4.69) is 42.4 Å². The van der Waals surface area contributed by atoms with Crippen LogP contribution in [0.15, 0.2) is 21.7 Å². The highest BCUT2D eigenvalue weighted by molar-refractivity contribution is 9.25. The average Bonchev–Trinajstić information content (AvgIpc) is 2.70. The summed E-state index contributed by atoms with van der Waals surface area (Å²) in [7, 11) is 0. The van der Waals surface area contributed by atoms with Crippen LogP contribution in [-0.4, -0.2) is 20.3 Å². The zero-order chi connectivity index (χ0) is 14.3. The highest BCUT2D eigenvalue weighted by Crippen LogP contribution is 2.66. The maximum atomic E-state index is 11.8. The normalized spacial score (nSPS) is 24.4. The summed E-state index contributed by atoms with van der Waals surface area (Å²) in [5, 5.41) is 14.1. The van der Waals surface area contributed by atoms with Crippen LogP contribution in [0.5, 0.6) is 0 Å². The second-order valence-corrected chi connectivity index (χ2v) is 8.12.